The summed E-state index contributed by atoms with van der Waals surface area (Å²) in [7, 11) is 0. The smallest absolute Gasteiger partial charge is 0.257 e. The summed E-state index contributed by atoms with van der Waals surface area (Å²) in [6, 6.07) is 14.4. The molecule has 2 aromatic carbocycles. The van der Waals surface area contributed by atoms with Gasteiger partial charge in [0.05, 0.1) is 10.6 Å². The average Bonchev–Trinajstić information content (AvgIpc) is 3.12. The summed E-state index contributed by atoms with van der Waals surface area (Å²) in [5, 5.41) is 3.14. The van der Waals surface area contributed by atoms with Crippen molar-refractivity contribution in [3.8, 4) is 22.8 Å². The van der Waals surface area contributed by atoms with Crippen LogP contribution >= 0.6 is 11.3 Å². The summed E-state index contributed by atoms with van der Waals surface area (Å²) in [5.41, 5.74) is 1.84. The molecule has 3 aromatic rings. The number of Topliss-reactive ketones (excluding diaryl/α,β-unsaturated/α-hetero) is 1. The zero-order chi connectivity index (χ0) is 18.8. The molecule has 0 spiro atoms. The predicted molar refractivity (Wildman–Crippen MR) is 103 cm³/mol. The maximum atomic E-state index is 12.6. The van der Waals surface area contributed by atoms with Gasteiger partial charge in [-0.15, -0.1) is 0 Å². The topological polar surface area (TPSA) is 77.5 Å². The molecule has 136 valence electrons. The number of nitrogens with one attached hydrogen (secondary N) is 1. The standard InChI is InChI=1S/C20H16N2O4S/c1-12(23)18-17(13-5-3-2-4-6-13)21-20(27-18)22-19(24)14-7-8-15-16(11-14)26-10-9-25-15/h2-8,11H,9-10H2,1H3,(H,21,22,24). The molecule has 0 aliphatic carbocycles. The van der Waals surface area contributed by atoms with E-state index in [1.54, 1.807) is 18.2 Å². The first-order valence-corrected chi connectivity index (χ1v) is 9.21. The van der Waals surface area contributed by atoms with Crippen molar-refractivity contribution in [2.75, 3.05) is 18.5 Å². The van der Waals surface area contributed by atoms with Gasteiger partial charge in [0, 0.05) is 18.1 Å². The number of anilines is 1. The molecule has 0 saturated heterocycles. The van der Waals surface area contributed by atoms with Crippen LogP contribution in [0.4, 0.5) is 5.13 Å². The second-order valence-corrected chi connectivity index (χ2v) is 6.93. The third-order valence-electron chi connectivity index (χ3n) is 4.02. The molecular weight excluding hydrogens is 364 g/mol. The Hall–Kier alpha value is -3.19. The van der Waals surface area contributed by atoms with Crippen LogP contribution in [-0.4, -0.2) is 29.9 Å². The minimum absolute atomic E-state index is 0.0915. The van der Waals surface area contributed by atoms with E-state index < -0.39 is 0 Å². The molecule has 1 aliphatic rings. The third-order valence-corrected chi connectivity index (χ3v) is 5.09. The molecule has 1 aromatic heterocycles. The van der Waals surface area contributed by atoms with Crippen molar-refractivity contribution < 1.29 is 19.1 Å². The predicted octanol–water partition coefficient (Wildman–Crippen LogP) is 4.04. The van der Waals surface area contributed by atoms with Crippen LogP contribution in [0.5, 0.6) is 11.5 Å². The van der Waals surface area contributed by atoms with Gasteiger partial charge < -0.3 is 9.47 Å². The number of nitrogens with zero attached hydrogens (tertiary/aromatic N) is 1. The number of fused-ring (bicyclic) bond motifs is 1. The summed E-state index contributed by atoms with van der Waals surface area (Å²) in [6.07, 6.45) is 0. The van der Waals surface area contributed by atoms with Gasteiger partial charge in [-0.3, -0.25) is 14.9 Å². The van der Waals surface area contributed by atoms with Crippen molar-refractivity contribution >= 4 is 28.2 Å². The summed E-state index contributed by atoms with van der Waals surface area (Å²) in [6.45, 7) is 2.44. The Morgan fingerprint density at radius 2 is 1.78 bits per heavy atom. The summed E-state index contributed by atoms with van der Waals surface area (Å²) < 4.78 is 11.0. The molecule has 0 saturated carbocycles. The van der Waals surface area contributed by atoms with Gasteiger partial charge in [0.2, 0.25) is 0 Å². The van der Waals surface area contributed by atoms with Crippen molar-refractivity contribution in [1.82, 2.24) is 4.98 Å². The van der Waals surface area contributed by atoms with E-state index in [-0.39, 0.29) is 11.7 Å². The van der Waals surface area contributed by atoms with Gasteiger partial charge in [0.1, 0.15) is 13.2 Å². The van der Waals surface area contributed by atoms with Crippen LogP contribution < -0.4 is 14.8 Å². The lowest BCUT2D eigenvalue weighted by molar-refractivity contribution is 0.101. The summed E-state index contributed by atoms with van der Waals surface area (Å²) in [4.78, 5) is 29.6. The van der Waals surface area contributed by atoms with Crippen LogP contribution in [-0.2, 0) is 0 Å². The molecule has 27 heavy (non-hydrogen) atoms. The van der Waals surface area contributed by atoms with E-state index in [4.69, 9.17) is 9.47 Å². The molecule has 0 fully saturated rings. The van der Waals surface area contributed by atoms with Gasteiger partial charge in [-0.2, -0.15) is 0 Å². The highest BCUT2D eigenvalue weighted by molar-refractivity contribution is 7.18. The normalized spacial score (nSPS) is 12.5. The number of carbonyl (C=O) groups excluding carboxylic acids is 2. The Morgan fingerprint density at radius 1 is 1.04 bits per heavy atom. The average molecular weight is 380 g/mol. The number of rotatable bonds is 4. The fraction of sp³-hybridized carbons (Fsp3) is 0.150. The van der Waals surface area contributed by atoms with Gasteiger partial charge in [-0.05, 0) is 18.2 Å². The summed E-state index contributed by atoms with van der Waals surface area (Å²) >= 11 is 1.17. The monoisotopic (exact) mass is 380 g/mol. The van der Waals surface area contributed by atoms with Crippen molar-refractivity contribution in [3.05, 3.63) is 59.0 Å². The first-order chi connectivity index (χ1) is 13.1. The van der Waals surface area contributed by atoms with Crippen molar-refractivity contribution in [2.24, 2.45) is 0 Å². The van der Waals surface area contributed by atoms with E-state index in [2.05, 4.69) is 10.3 Å². The van der Waals surface area contributed by atoms with Crippen LogP contribution in [0.25, 0.3) is 11.3 Å². The molecule has 2 heterocycles. The zero-order valence-electron chi connectivity index (χ0n) is 14.5. The lowest BCUT2D eigenvalue weighted by atomic mass is 10.1. The highest BCUT2D eigenvalue weighted by Gasteiger charge is 2.19. The first-order valence-electron chi connectivity index (χ1n) is 8.40. The molecule has 1 amide bonds. The second kappa shape index (κ2) is 7.20. The molecule has 4 rings (SSSR count). The number of benzene rings is 2. The van der Waals surface area contributed by atoms with Gasteiger partial charge >= 0.3 is 0 Å². The highest BCUT2D eigenvalue weighted by Crippen LogP contribution is 2.33. The summed E-state index contributed by atoms with van der Waals surface area (Å²) in [5.74, 6) is 0.751. The molecule has 0 radical (unpaired) electrons. The molecule has 1 N–H and O–H groups in total. The molecular formula is C20H16N2O4S. The number of ketones is 1. The van der Waals surface area contributed by atoms with Gasteiger partial charge in [0.25, 0.3) is 5.91 Å². The van der Waals surface area contributed by atoms with E-state index in [0.29, 0.717) is 46.0 Å². The number of ether oxygens (including phenoxy) is 2. The van der Waals surface area contributed by atoms with Crippen LogP contribution in [0, 0.1) is 0 Å². The SMILES string of the molecule is CC(=O)c1sc(NC(=O)c2ccc3c(c2)OCCO3)nc1-c1ccccc1. The number of hydrogen-bond acceptors (Lipinski definition) is 6. The zero-order valence-corrected chi connectivity index (χ0v) is 15.3. The van der Waals surface area contributed by atoms with E-state index in [9.17, 15) is 9.59 Å². The number of thiazole rings is 1. The van der Waals surface area contributed by atoms with E-state index in [1.807, 2.05) is 30.3 Å². The Kier molecular flexibility index (Phi) is 4.60. The second-order valence-electron chi connectivity index (χ2n) is 5.93. The molecule has 0 bridgehead atoms. The fourth-order valence-electron chi connectivity index (χ4n) is 2.76. The van der Waals surface area contributed by atoms with Crippen molar-refractivity contribution in [2.45, 2.75) is 6.92 Å². The highest BCUT2D eigenvalue weighted by atomic mass is 32.1. The van der Waals surface area contributed by atoms with Crippen LogP contribution in [0.3, 0.4) is 0 Å². The fourth-order valence-corrected chi connectivity index (χ4v) is 3.64. The molecule has 1 aliphatic heterocycles. The first kappa shape index (κ1) is 17.2. The van der Waals surface area contributed by atoms with Gasteiger partial charge in [-0.25, -0.2) is 4.98 Å². The number of hydrogen-bond donors (Lipinski definition) is 1. The van der Waals surface area contributed by atoms with Gasteiger partial charge in [-0.1, -0.05) is 41.7 Å². The van der Waals surface area contributed by atoms with Crippen molar-refractivity contribution in [3.63, 3.8) is 0 Å². The van der Waals surface area contributed by atoms with E-state index in [0.717, 1.165) is 5.56 Å². The third kappa shape index (κ3) is 3.54. The Bertz CT molecular complexity index is 1010. The minimum Gasteiger partial charge on any atom is -0.486 e. The Labute approximate surface area is 159 Å². The van der Waals surface area contributed by atoms with Crippen LogP contribution in [0.2, 0.25) is 0 Å². The lowest BCUT2D eigenvalue weighted by Crippen LogP contribution is -2.17. The molecule has 7 heteroatoms. The largest absolute Gasteiger partial charge is 0.486 e. The Balaban J connectivity index is 1.61. The van der Waals surface area contributed by atoms with E-state index in [1.165, 1.54) is 18.3 Å². The number of amides is 1. The molecule has 6 nitrogen and oxygen atoms in total. The Morgan fingerprint density at radius 3 is 2.52 bits per heavy atom. The van der Waals surface area contributed by atoms with Crippen LogP contribution in [0.15, 0.2) is 48.5 Å². The van der Waals surface area contributed by atoms with E-state index >= 15 is 0 Å². The lowest BCUT2D eigenvalue weighted by Gasteiger charge is -2.18. The number of aromatic nitrogens is 1. The van der Waals surface area contributed by atoms with Gasteiger partial charge in [0.15, 0.2) is 22.4 Å². The maximum Gasteiger partial charge on any atom is 0.257 e. The maximum absolute atomic E-state index is 12.6. The number of carbonyl (C=O) groups is 2. The van der Waals surface area contributed by atoms with Crippen LogP contribution in [0.1, 0.15) is 27.0 Å². The quantitative estimate of drug-likeness (QED) is 0.691. The van der Waals surface area contributed by atoms with Crippen molar-refractivity contribution in [1.29, 1.82) is 0 Å². The molecule has 0 unspecified atom stereocenters. The molecule has 0 atom stereocenters. The minimum atomic E-state index is -0.324.